The maximum absolute atomic E-state index is 12.6. The van der Waals surface area contributed by atoms with Gasteiger partial charge in [0.25, 0.3) is 0 Å². The Kier molecular flexibility index (Phi) is 16.8. The number of phosphoric acid groups is 3. The molecule has 0 radical (unpaired) electrons. The summed E-state index contributed by atoms with van der Waals surface area (Å²) in [5.74, 6) is -1.39. The number of carbonyl (C=O) groups is 3. The van der Waals surface area contributed by atoms with Gasteiger partial charge in [-0.2, -0.15) is 4.31 Å². The molecule has 30 heteroatoms. The molecule has 1 aliphatic rings. The Morgan fingerprint density at radius 1 is 1.05 bits per heavy atom. The zero-order valence-electron chi connectivity index (χ0n) is 29.0. The number of hydrogen-bond acceptors (Lipinski definition) is 20. The summed E-state index contributed by atoms with van der Waals surface area (Å²) in [5, 5.41) is 43.8. The fourth-order valence-electron chi connectivity index (χ4n) is 4.61. The van der Waals surface area contributed by atoms with Crippen molar-refractivity contribution in [1.29, 1.82) is 0 Å². The Bertz CT molecular complexity index is 1800. The lowest BCUT2D eigenvalue weighted by atomic mass is 9.87. The summed E-state index contributed by atoms with van der Waals surface area (Å²) in [4.78, 5) is 86.9. The molecule has 1 saturated heterocycles. The van der Waals surface area contributed by atoms with Crippen LogP contribution in [0.15, 0.2) is 12.7 Å². The first-order chi connectivity index (χ1) is 25.4. The zero-order chi connectivity index (χ0) is 41.4. The highest BCUT2D eigenvalue weighted by Crippen LogP contribution is 2.61. The van der Waals surface area contributed by atoms with Crippen LogP contribution in [-0.4, -0.2) is 146 Å². The van der Waals surface area contributed by atoms with Crippen molar-refractivity contribution in [2.75, 3.05) is 44.4 Å². The summed E-state index contributed by atoms with van der Waals surface area (Å²) in [5.41, 5.74) is 4.21. The number of thioether (sulfide) groups is 1. The third-order valence-electron chi connectivity index (χ3n) is 7.38. The van der Waals surface area contributed by atoms with Gasteiger partial charge in [0.05, 0.1) is 32.3 Å². The van der Waals surface area contributed by atoms with Gasteiger partial charge in [-0.3, -0.25) is 32.5 Å². The van der Waals surface area contributed by atoms with E-state index in [-0.39, 0.29) is 53.8 Å². The second-order valence-electron chi connectivity index (χ2n) is 12.3. The average molecular weight is 870 g/mol. The van der Waals surface area contributed by atoms with Crippen molar-refractivity contribution in [2.24, 2.45) is 5.41 Å². The van der Waals surface area contributed by atoms with E-state index in [1.807, 2.05) is 0 Å². The van der Waals surface area contributed by atoms with Gasteiger partial charge in [0.1, 0.15) is 36.3 Å². The van der Waals surface area contributed by atoms with Crippen molar-refractivity contribution < 1.29 is 90.7 Å². The normalized spacial score (nSPS) is 22.4. The molecule has 0 spiro atoms. The molecular formula is C25H42N7O19P3S. The van der Waals surface area contributed by atoms with Gasteiger partial charge < -0.3 is 61.1 Å². The standard InChI is InChI=1S/C25H42N7O19P3S/c1-25(2,20(38)23(39)28-4-3-15(35)27-5-6-55-16(36)7-13(34)8-33)10-48-54(45,46)51-53(43,44)47-9-14-19(50-52(40,41)42)18(37)24(49-14)32-12-31-17-21(26)29-11-30-22(17)32/h11-14,18-20,24,33-34,37-38H,3-10H2,1-2H3,(H,27,35)(H,28,39)(H,43,44)(H,45,46)(H2,26,29,30)(H2,40,41,42)/t13?,14-,18-,19-,20+,24-/m1/s1. The summed E-state index contributed by atoms with van der Waals surface area (Å²) < 4.78 is 61.9. The van der Waals surface area contributed by atoms with Crippen LogP contribution in [0.5, 0.6) is 0 Å². The van der Waals surface area contributed by atoms with Crippen molar-refractivity contribution >= 4 is 69.1 Å². The largest absolute Gasteiger partial charge is 0.481 e. The predicted molar refractivity (Wildman–Crippen MR) is 185 cm³/mol. The lowest BCUT2D eigenvalue weighted by Gasteiger charge is -2.30. The molecule has 2 aromatic heterocycles. The highest BCUT2D eigenvalue weighted by molar-refractivity contribution is 8.13. The van der Waals surface area contributed by atoms with Gasteiger partial charge in [-0.1, -0.05) is 25.6 Å². The molecule has 3 rings (SSSR count). The number of nitrogens with zero attached hydrogens (tertiary/aromatic N) is 4. The number of nitrogen functional groups attached to an aromatic ring is 1. The third kappa shape index (κ3) is 14.4. The minimum absolute atomic E-state index is 0.0210. The van der Waals surface area contributed by atoms with Crippen LogP contribution in [0.3, 0.4) is 0 Å². The summed E-state index contributed by atoms with van der Waals surface area (Å²) in [6.45, 7) is -0.333. The van der Waals surface area contributed by atoms with Crippen LogP contribution in [0.2, 0.25) is 0 Å². The van der Waals surface area contributed by atoms with Gasteiger partial charge in [0.2, 0.25) is 11.8 Å². The lowest BCUT2D eigenvalue weighted by molar-refractivity contribution is -0.137. The number of nitrogens with one attached hydrogen (secondary N) is 2. The minimum Gasteiger partial charge on any atom is -0.394 e. The van der Waals surface area contributed by atoms with Gasteiger partial charge in [0.15, 0.2) is 22.8 Å². The van der Waals surface area contributed by atoms with E-state index in [1.54, 1.807) is 0 Å². The molecule has 26 nitrogen and oxygen atoms in total. The van der Waals surface area contributed by atoms with Gasteiger partial charge in [0, 0.05) is 37.1 Å². The quantitative estimate of drug-likeness (QED) is 0.0427. The van der Waals surface area contributed by atoms with E-state index >= 15 is 0 Å². The SMILES string of the molecule is CC(C)(COP(=O)(O)OP(=O)(O)OC[C@H]1O[C@@H](n2cnc3c(N)ncnc32)[C@H](O)[C@@H]1OP(=O)(O)O)[C@@H](O)C(=O)NCCC(=O)NCCSC(=O)CC(O)CO. The summed E-state index contributed by atoms with van der Waals surface area (Å²) in [6, 6.07) is 0. The van der Waals surface area contributed by atoms with Crippen LogP contribution >= 0.6 is 35.2 Å². The molecule has 0 aliphatic carbocycles. The van der Waals surface area contributed by atoms with E-state index in [0.717, 1.165) is 29.0 Å². The van der Waals surface area contributed by atoms with Gasteiger partial charge in [-0.25, -0.2) is 28.6 Å². The number of aliphatic hydroxyl groups excluding tert-OH is 4. The fourth-order valence-corrected chi connectivity index (χ4v) is 8.18. The molecule has 2 aromatic rings. The van der Waals surface area contributed by atoms with Gasteiger partial charge >= 0.3 is 23.5 Å². The molecule has 1 aliphatic heterocycles. The monoisotopic (exact) mass is 869 g/mol. The summed E-state index contributed by atoms with van der Waals surface area (Å²) >= 11 is 0.843. The first kappa shape index (κ1) is 46.9. The van der Waals surface area contributed by atoms with Crippen LogP contribution in [-0.2, 0) is 50.7 Å². The van der Waals surface area contributed by atoms with Gasteiger partial charge in [-0.15, -0.1) is 0 Å². The Morgan fingerprint density at radius 3 is 2.38 bits per heavy atom. The first-order valence-electron chi connectivity index (χ1n) is 15.8. The second kappa shape index (κ2) is 19.8. The average Bonchev–Trinajstić information content (AvgIpc) is 3.64. The molecule has 0 saturated carbocycles. The van der Waals surface area contributed by atoms with E-state index < -0.39 is 97.3 Å². The number of amides is 2. The lowest BCUT2D eigenvalue weighted by Crippen LogP contribution is -2.46. The van der Waals surface area contributed by atoms with E-state index in [9.17, 15) is 63.0 Å². The maximum atomic E-state index is 12.6. The number of rotatable bonds is 22. The van der Waals surface area contributed by atoms with E-state index in [0.29, 0.717) is 0 Å². The molecule has 0 aromatic carbocycles. The number of carbonyl (C=O) groups excluding carboxylic acids is 3. The number of nitrogens with two attached hydrogens (primary N) is 1. The van der Waals surface area contributed by atoms with Crippen LogP contribution in [0.25, 0.3) is 11.2 Å². The number of imidazole rings is 1. The first-order valence-corrected chi connectivity index (χ1v) is 21.3. The molecule has 312 valence electrons. The van der Waals surface area contributed by atoms with E-state index in [1.165, 1.54) is 13.8 Å². The Hall–Kier alpha value is -2.52. The fraction of sp³-hybridized carbons (Fsp3) is 0.680. The molecule has 55 heavy (non-hydrogen) atoms. The topological polar surface area (TPSA) is 404 Å². The Labute approximate surface area is 315 Å². The molecule has 1 fully saturated rings. The molecule has 0 bridgehead atoms. The van der Waals surface area contributed by atoms with Crippen LogP contribution in [0, 0.1) is 5.41 Å². The van der Waals surface area contributed by atoms with E-state index in [4.69, 9.17) is 24.6 Å². The van der Waals surface area contributed by atoms with Crippen molar-refractivity contribution in [3.05, 3.63) is 12.7 Å². The molecule has 2 amide bonds. The molecule has 3 unspecified atom stereocenters. The number of hydrogen-bond donors (Lipinski definition) is 11. The van der Waals surface area contributed by atoms with Crippen molar-refractivity contribution in [1.82, 2.24) is 30.2 Å². The highest BCUT2D eigenvalue weighted by Gasteiger charge is 2.50. The second-order valence-corrected chi connectivity index (χ2v) is 17.7. The molecule has 12 N–H and O–H groups in total. The predicted octanol–water partition coefficient (Wildman–Crippen LogP) is -2.59. The van der Waals surface area contributed by atoms with Crippen molar-refractivity contribution in [3.63, 3.8) is 0 Å². The molecule has 3 heterocycles. The molecular weight excluding hydrogens is 827 g/mol. The number of phosphoric ester groups is 3. The summed E-state index contributed by atoms with van der Waals surface area (Å²) in [6.07, 6.45) is -8.49. The number of aliphatic hydroxyl groups is 4. The number of fused-ring (bicyclic) bond motifs is 1. The van der Waals surface area contributed by atoms with E-state index in [2.05, 4.69) is 34.4 Å². The van der Waals surface area contributed by atoms with Gasteiger partial charge in [-0.05, 0) is 0 Å². The highest BCUT2D eigenvalue weighted by atomic mass is 32.2. The number of aromatic nitrogens is 4. The molecule has 8 atom stereocenters. The van der Waals surface area contributed by atoms with Crippen molar-refractivity contribution in [2.45, 2.75) is 63.4 Å². The number of anilines is 1. The van der Waals surface area contributed by atoms with Crippen molar-refractivity contribution in [3.8, 4) is 0 Å². The Balaban J connectivity index is 1.49. The number of ether oxygens (including phenoxy) is 1. The van der Waals surface area contributed by atoms with Crippen LogP contribution in [0.4, 0.5) is 5.82 Å². The van der Waals surface area contributed by atoms with Crippen LogP contribution in [0.1, 0.15) is 32.9 Å². The summed E-state index contributed by atoms with van der Waals surface area (Å²) in [7, 11) is -16.4. The maximum Gasteiger partial charge on any atom is 0.481 e. The Morgan fingerprint density at radius 2 is 1.73 bits per heavy atom. The zero-order valence-corrected chi connectivity index (χ0v) is 32.5. The minimum atomic E-state index is -5.58. The smallest absolute Gasteiger partial charge is 0.394 e. The third-order valence-corrected chi connectivity index (χ3v) is 11.4. The van der Waals surface area contributed by atoms with Crippen LogP contribution < -0.4 is 16.4 Å².